The largest absolute Gasteiger partial charge is 0.481 e. The third-order valence-electron chi connectivity index (χ3n) is 3.70. The van der Waals surface area contributed by atoms with Crippen molar-refractivity contribution in [3.8, 4) is 5.75 Å². The SMILES string of the molecule is Cc1cc(OC(C)C(=O)Nc2cccc3cccnc23)ccc1Cl. The second kappa shape index (κ2) is 6.89. The summed E-state index contributed by atoms with van der Waals surface area (Å²) in [6, 6.07) is 14.8. The second-order valence-corrected chi connectivity index (χ2v) is 5.95. The Morgan fingerprint density at radius 1 is 1.21 bits per heavy atom. The van der Waals surface area contributed by atoms with Gasteiger partial charge in [0.1, 0.15) is 5.75 Å². The molecule has 0 bridgehead atoms. The molecule has 122 valence electrons. The van der Waals surface area contributed by atoms with Gasteiger partial charge in [-0.2, -0.15) is 0 Å². The Kier molecular flexibility index (Phi) is 4.67. The fraction of sp³-hybridized carbons (Fsp3) is 0.158. The van der Waals surface area contributed by atoms with Crippen LogP contribution in [0, 0.1) is 6.92 Å². The lowest BCUT2D eigenvalue weighted by atomic mass is 10.2. The summed E-state index contributed by atoms with van der Waals surface area (Å²) in [7, 11) is 0. The molecule has 0 spiro atoms. The molecule has 0 aliphatic rings. The molecule has 0 aliphatic heterocycles. The molecule has 5 heteroatoms. The predicted octanol–water partition coefficient (Wildman–Crippen LogP) is 4.60. The molecule has 0 radical (unpaired) electrons. The van der Waals surface area contributed by atoms with Crippen LogP contribution in [-0.2, 0) is 4.79 Å². The molecule has 3 rings (SSSR count). The zero-order valence-electron chi connectivity index (χ0n) is 13.4. The maximum absolute atomic E-state index is 12.4. The van der Waals surface area contributed by atoms with Crippen LogP contribution < -0.4 is 10.1 Å². The van der Waals surface area contributed by atoms with Gasteiger partial charge < -0.3 is 10.1 Å². The first-order chi connectivity index (χ1) is 11.5. The number of halogens is 1. The van der Waals surface area contributed by atoms with Gasteiger partial charge in [-0.15, -0.1) is 0 Å². The molecule has 3 aromatic rings. The minimum Gasteiger partial charge on any atom is -0.481 e. The molecule has 0 saturated carbocycles. The van der Waals surface area contributed by atoms with Crippen LogP contribution in [0.4, 0.5) is 5.69 Å². The normalized spacial score (nSPS) is 12.0. The first kappa shape index (κ1) is 16.3. The molecule has 0 aliphatic carbocycles. The molecule has 0 saturated heterocycles. The van der Waals surface area contributed by atoms with Crippen molar-refractivity contribution < 1.29 is 9.53 Å². The molecule has 1 unspecified atom stereocenters. The number of rotatable bonds is 4. The Bertz CT molecular complexity index is 890. The van der Waals surface area contributed by atoms with Crippen molar-refractivity contribution in [2.45, 2.75) is 20.0 Å². The van der Waals surface area contributed by atoms with E-state index in [1.165, 1.54) is 0 Å². The fourth-order valence-corrected chi connectivity index (χ4v) is 2.51. The number of ether oxygens (including phenoxy) is 1. The van der Waals surface area contributed by atoms with Gasteiger partial charge in [-0.05, 0) is 49.7 Å². The standard InChI is InChI=1S/C19H17ClN2O2/c1-12-11-15(8-9-16(12)20)24-13(2)19(23)22-17-7-3-5-14-6-4-10-21-18(14)17/h3-11,13H,1-2H3,(H,22,23). The number of benzene rings is 2. The number of amides is 1. The molecule has 24 heavy (non-hydrogen) atoms. The molecular formula is C19H17ClN2O2. The van der Waals surface area contributed by atoms with E-state index in [-0.39, 0.29) is 5.91 Å². The first-order valence-corrected chi connectivity index (χ1v) is 8.00. The number of nitrogens with one attached hydrogen (secondary N) is 1. The van der Waals surface area contributed by atoms with E-state index >= 15 is 0 Å². The third kappa shape index (κ3) is 3.49. The van der Waals surface area contributed by atoms with Crippen LogP contribution in [-0.4, -0.2) is 17.0 Å². The second-order valence-electron chi connectivity index (χ2n) is 5.54. The third-order valence-corrected chi connectivity index (χ3v) is 4.13. The fourth-order valence-electron chi connectivity index (χ4n) is 2.39. The van der Waals surface area contributed by atoms with Gasteiger partial charge >= 0.3 is 0 Å². The number of carbonyl (C=O) groups excluding carboxylic acids is 1. The quantitative estimate of drug-likeness (QED) is 0.755. The predicted molar refractivity (Wildman–Crippen MR) is 96.7 cm³/mol. The molecule has 1 N–H and O–H groups in total. The van der Waals surface area contributed by atoms with Crippen molar-refractivity contribution in [1.29, 1.82) is 0 Å². The highest BCUT2D eigenvalue weighted by atomic mass is 35.5. The van der Waals surface area contributed by atoms with Gasteiger partial charge in [0.15, 0.2) is 6.10 Å². The number of nitrogens with zero attached hydrogens (tertiary/aromatic N) is 1. The van der Waals surface area contributed by atoms with Crippen LogP contribution in [0.15, 0.2) is 54.7 Å². The Balaban J connectivity index is 1.75. The van der Waals surface area contributed by atoms with Crippen LogP contribution in [0.3, 0.4) is 0 Å². The number of hydrogen-bond donors (Lipinski definition) is 1. The number of fused-ring (bicyclic) bond motifs is 1. The van der Waals surface area contributed by atoms with Crippen molar-refractivity contribution in [2.75, 3.05) is 5.32 Å². The van der Waals surface area contributed by atoms with Crippen LogP contribution >= 0.6 is 11.6 Å². The topological polar surface area (TPSA) is 51.2 Å². The summed E-state index contributed by atoms with van der Waals surface area (Å²) in [4.78, 5) is 16.8. The number of aromatic nitrogens is 1. The van der Waals surface area contributed by atoms with Gasteiger partial charge in [-0.3, -0.25) is 9.78 Å². The monoisotopic (exact) mass is 340 g/mol. The van der Waals surface area contributed by atoms with Crippen LogP contribution in [0.25, 0.3) is 10.9 Å². The zero-order chi connectivity index (χ0) is 17.1. The lowest BCUT2D eigenvalue weighted by Crippen LogP contribution is -2.30. The van der Waals surface area contributed by atoms with Crippen LogP contribution in [0.5, 0.6) is 5.75 Å². The number of pyridine rings is 1. The average Bonchev–Trinajstić information content (AvgIpc) is 2.58. The maximum Gasteiger partial charge on any atom is 0.265 e. The highest BCUT2D eigenvalue weighted by molar-refractivity contribution is 6.31. The summed E-state index contributed by atoms with van der Waals surface area (Å²) in [6.07, 6.45) is 1.05. The minimum absolute atomic E-state index is 0.235. The maximum atomic E-state index is 12.4. The van der Waals surface area contributed by atoms with E-state index in [0.717, 1.165) is 16.5 Å². The van der Waals surface area contributed by atoms with Gasteiger partial charge in [-0.1, -0.05) is 29.8 Å². The first-order valence-electron chi connectivity index (χ1n) is 7.62. The number of para-hydroxylation sites is 1. The lowest BCUT2D eigenvalue weighted by Gasteiger charge is -2.16. The number of carbonyl (C=O) groups is 1. The Hall–Kier alpha value is -2.59. The van der Waals surface area contributed by atoms with E-state index in [2.05, 4.69) is 10.3 Å². The number of aryl methyl sites for hydroxylation is 1. The number of anilines is 1. The summed E-state index contributed by atoms with van der Waals surface area (Å²) < 4.78 is 5.71. The molecule has 1 aromatic heterocycles. The van der Waals surface area contributed by atoms with Crippen molar-refractivity contribution in [3.05, 3.63) is 65.3 Å². The number of hydrogen-bond acceptors (Lipinski definition) is 3. The van der Waals surface area contributed by atoms with Gasteiger partial charge in [-0.25, -0.2) is 0 Å². The van der Waals surface area contributed by atoms with Gasteiger partial charge in [0.25, 0.3) is 5.91 Å². The van der Waals surface area contributed by atoms with Crippen LogP contribution in [0.2, 0.25) is 5.02 Å². The van der Waals surface area contributed by atoms with E-state index in [9.17, 15) is 4.79 Å². The zero-order valence-corrected chi connectivity index (χ0v) is 14.2. The van der Waals surface area contributed by atoms with E-state index in [1.807, 2.05) is 43.3 Å². The summed E-state index contributed by atoms with van der Waals surface area (Å²) in [5.74, 6) is 0.372. The average molecular weight is 341 g/mol. The molecular weight excluding hydrogens is 324 g/mol. The summed E-state index contributed by atoms with van der Waals surface area (Å²) in [6.45, 7) is 3.60. The Morgan fingerprint density at radius 2 is 2.00 bits per heavy atom. The van der Waals surface area contributed by atoms with Crippen molar-refractivity contribution in [2.24, 2.45) is 0 Å². The Labute approximate surface area is 145 Å². The summed E-state index contributed by atoms with van der Waals surface area (Å²) >= 11 is 6.00. The highest BCUT2D eigenvalue weighted by Crippen LogP contribution is 2.23. The van der Waals surface area contributed by atoms with E-state index < -0.39 is 6.10 Å². The van der Waals surface area contributed by atoms with Crippen molar-refractivity contribution >= 4 is 34.1 Å². The molecule has 0 fully saturated rings. The molecule has 1 atom stereocenters. The van der Waals surface area contributed by atoms with Crippen molar-refractivity contribution in [1.82, 2.24) is 4.98 Å². The van der Waals surface area contributed by atoms with Gasteiger partial charge in [0.2, 0.25) is 0 Å². The lowest BCUT2D eigenvalue weighted by molar-refractivity contribution is -0.122. The highest BCUT2D eigenvalue weighted by Gasteiger charge is 2.16. The van der Waals surface area contributed by atoms with E-state index in [1.54, 1.807) is 25.3 Å². The minimum atomic E-state index is -0.649. The molecule has 1 heterocycles. The van der Waals surface area contributed by atoms with E-state index in [4.69, 9.17) is 16.3 Å². The van der Waals surface area contributed by atoms with Gasteiger partial charge in [0.05, 0.1) is 11.2 Å². The van der Waals surface area contributed by atoms with Gasteiger partial charge in [0, 0.05) is 16.6 Å². The summed E-state index contributed by atoms with van der Waals surface area (Å²) in [5, 5.41) is 4.52. The molecule has 2 aromatic carbocycles. The van der Waals surface area contributed by atoms with E-state index in [0.29, 0.717) is 16.5 Å². The Morgan fingerprint density at radius 3 is 2.79 bits per heavy atom. The summed E-state index contributed by atoms with van der Waals surface area (Å²) in [5.41, 5.74) is 2.32. The van der Waals surface area contributed by atoms with Crippen LogP contribution in [0.1, 0.15) is 12.5 Å². The smallest absolute Gasteiger partial charge is 0.265 e. The molecule has 1 amide bonds. The van der Waals surface area contributed by atoms with Crippen molar-refractivity contribution in [3.63, 3.8) is 0 Å². The molecule has 4 nitrogen and oxygen atoms in total.